The fourth-order valence-corrected chi connectivity index (χ4v) is 2.39. The number of rotatable bonds is 3. The average molecular weight is 311 g/mol. The number of carbonyl (C=O) groups is 1. The number of hydrogen-bond donors (Lipinski definition) is 2. The van der Waals surface area contributed by atoms with E-state index in [9.17, 15) is 4.79 Å². The predicted octanol–water partition coefficient (Wildman–Crippen LogP) is 4.29. The smallest absolute Gasteiger partial charge is 0.319 e. The van der Waals surface area contributed by atoms with Gasteiger partial charge < -0.3 is 10.6 Å². The Labute approximate surface area is 134 Å². The Hall–Kier alpha value is -2.52. The second-order valence-electron chi connectivity index (χ2n) is 4.99. The lowest BCUT2D eigenvalue weighted by atomic mass is 10.0. The van der Waals surface area contributed by atoms with Crippen LogP contribution in [-0.2, 0) is 0 Å². The highest BCUT2D eigenvalue weighted by Crippen LogP contribution is 2.19. The molecule has 3 nitrogen and oxygen atoms in total. The van der Waals surface area contributed by atoms with Gasteiger partial charge in [-0.1, -0.05) is 60.1 Å². The van der Waals surface area contributed by atoms with Gasteiger partial charge >= 0.3 is 6.03 Å². The fourth-order valence-electron chi connectivity index (χ4n) is 2.27. The summed E-state index contributed by atoms with van der Waals surface area (Å²) in [5.74, 6) is 0. The van der Waals surface area contributed by atoms with E-state index in [4.69, 9.17) is 11.6 Å². The molecule has 2 aromatic rings. The number of benzene rings is 2. The molecule has 1 unspecified atom stereocenters. The number of allylic oxidation sites excluding steroid dienone is 1. The van der Waals surface area contributed by atoms with Crippen molar-refractivity contribution in [2.24, 2.45) is 0 Å². The van der Waals surface area contributed by atoms with Crippen LogP contribution in [0.25, 0.3) is 6.08 Å². The first-order valence-corrected chi connectivity index (χ1v) is 7.36. The third-order valence-corrected chi connectivity index (χ3v) is 3.63. The first kappa shape index (κ1) is 14.4. The van der Waals surface area contributed by atoms with Crippen LogP contribution in [0.2, 0.25) is 5.02 Å². The van der Waals surface area contributed by atoms with Gasteiger partial charge in [0.1, 0.15) is 0 Å². The molecule has 2 N–H and O–H groups in total. The molecule has 0 aromatic heterocycles. The van der Waals surface area contributed by atoms with Crippen molar-refractivity contribution in [2.45, 2.75) is 6.04 Å². The van der Waals surface area contributed by atoms with E-state index in [1.165, 1.54) is 0 Å². The minimum Gasteiger partial charge on any atom is -0.327 e. The molecule has 0 radical (unpaired) electrons. The van der Waals surface area contributed by atoms with Crippen LogP contribution in [0, 0.1) is 0 Å². The Kier molecular flexibility index (Phi) is 4.26. The van der Waals surface area contributed by atoms with Gasteiger partial charge in [-0.25, -0.2) is 4.79 Å². The molecule has 0 saturated carbocycles. The Bertz CT molecular complexity index is 721. The second kappa shape index (κ2) is 6.50. The molecular weight excluding hydrogens is 296 g/mol. The van der Waals surface area contributed by atoms with Crippen molar-refractivity contribution in [2.75, 3.05) is 0 Å². The van der Waals surface area contributed by atoms with E-state index in [1.807, 2.05) is 72.8 Å². The SMILES string of the molecule is O=C1NC(C=Cc2ccc(Cl)cc2)=CC(c2ccccc2)N1. The van der Waals surface area contributed by atoms with Gasteiger partial charge in [-0.05, 0) is 35.4 Å². The monoisotopic (exact) mass is 310 g/mol. The van der Waals surface area contributed by atoms with E-state index < -0.39 is 0 Å². The van der Waals surface area contributed by atoms with Crippen molar-refractivity contribution >= 4 is 23.7 Å². The van der Waals surface area contributed by atoms with Crippen LogP contribution in [-0.4, -0.2) is 6.03 Å². The van der Waals surface area contributed by atoms with Gasteiger partial charge in [0, 0.05) is 10.7 Å². The van der Waals surface area contributed by atoms with Gasteiger partial charge in [-0.15, -0.1) is 0 Å². The van der Waals surface area contributed by atoms with Gasteiger partial charge in [0.25, 0.3) is 0 Å². The Morgan fingerprint density at radius 3 is 2.41 bits per heavy atom. The summed E-state index contributed by atoms with van der Waals surface area (Å²) < 4.78 is 0. The Morgan fingerprint density at radius 2 is 1.68 bits per heavy atom. The van der Waals surface area contributed by atoms with Gasteiger partial charge in [0.05, 0.1) is 6.04 Å². The van der Waals surface area contributed by atoms with Crippen molar-refractivity contribution in [1.29, 1.82) is 0 Å². The van der Waals surface area contributed by atoms with Gasteiger partial charge in [0.2, 0.25) is 0 Å². The van der Waals surface area contributed by atoms with Crippen LogP contribution in [0.15, 0.2) is 72.4 Å². The molecule has 22 heavy (non-hydrogen) atoms. The van der Waals surface area contributed by atoms with Crippen molar-refractivity contribution in [3.63, 3.8) is 0 Å². The van der Waals surface area contributed by atoms with Gasteiger partial charge in [0.15, 0.2) is 0 Å². The maximum Gasteiger partial charge on any atom is 0.319 e. The first-order valence-electron chi connectivity index (χ1n) is 6.99. The van der Waals surface area contributed by atoms with Crippen molar-refractivity contribution < 1.29 is 4.79 Å². The average Bonchev–Trinajstić information content (AvgIpc) is 2.55. The van der Waals surface area contributed by atoms with Crippen LogP contribution < -0.4 is 10.6 Å². The van der Waals surface area contributed by atoms with E-state index in [-0.39, 0.29) is 12.1 Å². The summed E-state index contributed by atoms with van der Waals surface area (Å²) in [5, 5.41) is 6.39. The van der Waals surface area contributed by atoms with Crippen LogP contribution in [0.5, 0.6) is 0 Å². The summed E-state index contributed by atoms with van der Waals surface area (Å²) in [6, 6.07) is 17.1. The zero-order chi connectivity index (χ0) is 15.4. The molecule has 0 spiro atoms. The second-order valence-corrected chi connectivity index (χ2v) is 5.43. The highest BCUT2D eigenvalue weighted by molar-refractivity contribution is 6.30. The number of amides is 2. The van der Waals surface area contributed by atoms with E-state index in [0.29, 0.717) is 5.02 Å². The standard InChI is InChI=1S/C18H15ClN2O/c19-15-9-6-13(7-10-15)8-11-16-12-17(21-18(22)20-16)14-4-2-1-3-5-14/h1-12,17H,(H2,20,21,22). The lowest BCUT2D eigenvalue weighted by molar-refractivity contribution is 0.240. The van der Waals surface area contributed by atoms with Crippen LogP contribution in [0.1, 0.15) is 17.2 Å². The van der Waals surface area contributed by atoms with E-state index in [2.05, 4.69) is 10.6 Å². The number of carbonyl (C=O) groups excluding carboxylic acids is 1. The highest BCUT2D eigenvalue weighted by atomic mass is 35.5. The van der Waals surface area contributed by atoms with Crippen LogP contribution >= 0.6 is 11.6 Å². The zero-order valence-electron chi connectivity index (χ0n) is 11.8. The maximum atomic E-state index is 11.8. The van der Waals surface area contributed by atoms with E-state index in [1.54, 1.807) is 0 Å². The largest absolute Gasteiger partial charge is 0.327 e. The van der Waals surface area contributed by atoms with Gasteiger partial charge in [-0.3, -0.25) is 0 Å². The summed E-state index contributed by atoms with van der Waals surface area (Å²) in [5.41, 5.74) is 2.84. The molecule has 2 aromatic carbocycles. The molecule has 0 bridgehead atoms. The summed E-state index contributed by atoms with van der Waals surface area (Å²) in [6.07, 6.45) is 5.82. The molecule has 1 aliphatic rings. The number of halogens is 1. The first-order chi connectivity index (χ1) is 10.7. The fraction of sp³-hybridized carbons (Fsp3) is 0.0556. The quantitative estimate of drug-likeness (QED) is 0.872. The van der Waals surface area contributed by atoms with Crippen molar-refractivity contribution in [1.82, 2.24) is 10.6 Å². The molecule has 4 heteroatoms. The molecule has 1 aliphatic heterocycles. The summed E-state index contributed by atoms with van der Waals surface area (Å²) in [7, 11) is 0. The van der Waals surface area contributed by atoms with E-state index >= 15 is 0 Å². The Morgan fingerprint density at radius 1 is 0.955 bits per heavy atom. The Balaban J connectivity index is 1.81. The number of urea groups is 1. The molecule has 110 valence electrons. The normalized spacial score (nSPS) is 17.8. The zero-order valence-corrected chi connectivity index (χ0v) is 12.5. The molecule has 0 aliphatic carbocycles. The molecular formula is C18H15ClN2O. The van der Waals surface area contributed by atoms with Crippen LogP contribution in [0.4, 0.5) is 4.79 Å². The molecule has 1 heterocycles. The predicted molar refractivity (Wildman–Crippen MR) is 89.4 cm³/mol. The number of nitrogens with one attached hydrogen (secondary N) is 2. The van der Waals surface area contributed by atoms with Crippen LogP contribution in [0.3, 0.4) is 0 Å². The molecule has 0 saturated heterocycles. The lowest BCUT2D eigenvalue weighted by Gasteiger charge is -2.22. The van der Waals surface area contributed by atoms with Crippen molar-refractivity contribution in [3.8, 4) is 0 Å². The molecule has 0 fully saturated rings. The van der Waals surface area contributed by atoms with Crippen molar-refractivity contribution in [3.05, 3.63) is 88.6 Å². The summed E-state index contributed by atoms with van der Waals surface area (Å²) in [6.45, 7) is 0. The van der Waals surface area contributed by atoms with Gasteiger partial charge in [-0.2, -0.15) is 0 Å². The molecule has 2 amide bonds. The third kappa shape index (κ3) is 3.57. The molecule has 1 atom stereocenters. The summed E-state index contributed by atoms with van der Waals surface area (Å²) >= 11 is 5.87. The maximum absolute atomic E-state index is 11.8. The number of hydrogen-bond acceptors (Lipinski definition) is 1. The topological polar surface area (TPSA) is 41.1 Å². The lowest BCUT2D eigenvalue weighted by Crippen LogP contribution is -2.40. The molecule has 3 rings (SSSR count). The third-order valence-electron chi connectivity index (χ3n) is 3.37. The minimum absolute atomic E-state index is 0.125. The minimum atomic E-state index is -0.202. The summed E-state index contributed by atoms with van der Waals surface area (Å²) in [4.78, 5) is 11.8. The highest BCUT2D eigenvalue weighted by Gasteiger charge is 2.17. The van der Waals surface area contributed by atoms with E-state index in [0.717, 1.165) is 16.8 Å².